The van der Waals surface area contributed by atoms with Crippen LogP contribution in [0.2, 0.25) is 0 Å². The smallest absolute Gasteiger partial charge is 0.363 e. The van der Waals surface area contributed by atoms with Crippen molar-refractivity contribution in [2.45, 2.75) is 6.61 Å². The Balaban J connectivity index is 1.21. The number of benzene rings is 3. The van der Waals surface area contributed by atoms with Crippen molar-refractivity contribution in [2.24, 2.45) is 4.99 Å². The Morgan fingerprint density at radius 3 is 2.46 bits per heavy atom. The average molecular weight is 467 g/mol. The molecular formula is C25H17N5O5. The van der Waals surface area contributed by atoms with Crippen LogP contribution in [0.15, 0.2) is 95.7 Å². The maximum Gasteiger partial charge on any atom is 0.363 e. The predicted molar refractivity (Wildman–Crippen MR) is 126 cm³/mol. The summed E-state index contributed by atoms with van der Waals surface area (Å²) in [6.07, 6.45) is 3.34. The minimum atomic E-state index is -0.500. The fourth-order valence-corrected chi connectivity index (χ4v) is 3.31. The molecule has 0 amide bonds. The van der Waals surface area contributed by atoms with Gasteiger partial charge in [-0.2, -0.15) is 0 Å². The van der Waals surface area contributed by atoms with Gasteiger partial charge in [0.25, 0.3) is 5.69 Å². The van der Waals surface area contributed by atoms with Crippen LogP contribution in [0.3, 0.4) is 0 Å². The van der Waals surface area contributed by atoms with E-state index in [2.05, 4.69) is 15.3 Å². The molecule has 0 radical (unpaired) electrons. The van der Waals surface area contributed by atoms with Gasteiger partial charge in [0.15, 0.2) is 5.70 Å². The molecule has 1 aliphatic rings. The van der Waals surface area contributed by atoms with E-state index in [1.165, 1.54) is 16.8 Å². The number of nitro benzene ring substituents is 1. The lowest BCUT2D eigenvalue weighted by atomic mass is 10.2. The van der Waals surface area contributed by atoms with Crippen LogP contribution < -0.4 is 4.74 Å². The van der Waals surface area contributed by atoms with Crippen LogP contribution in [-0.4, -0.2) is 31.8 Å². The summed E-state index contributed by atoms with van der Waals surface area (Å²) in [5, 5.41) is 18.9. The van der Waals surface area contributed by atoms with Gasteiger partial charge in [-0.1, -0.05) is 35.5 Å². The quantitative estimate of drug-likeness (QED) is 0.174. The van der Waals surface area contributed by atoms with Crippen LogP contribution in [0.1, 0.15) is 16.8 Å². The zero-order chi connectivity index (χ0) is 24.2. The molecule has 0 N–H and O–H groups in total. The first-order chi connectivity index (χ1) is 17.0. The number of rotatable bonds is 7. The minimum absolute atomic E-state index is 0.00442. The number of hydrogen-bond acceptors (Lipinski definition) is 8. The topological polar surface area (TPSA) is 122 Å². The highest BCUT2D eigenvalue weighted by atomic mass is 16.6. The van der Waals surface area contributed by atoms with E-state index in [1.807, 2.05) is 30.3 Å². The van der Waals surface area contributed by atoms with Gasteiger partial charge in [-0.15, -0.1) is 5.10 Å². The lowest BCUT2D eigenvalue weighted by Crippen LogP contribution is -2.04. The average Bonchev–Trinajstić information content (AvgIpc) is 3.51. The second-order valence-electron chi connectivity index (χ2n) is 7.49. The fraction of sp³-hybridized carbons (Fsp3) is 0.0400. The van der Waals surface area contributed by atoms with Crippen LogP contribution >= 0.6 is 0 Å². The first kappa shape index (κ1) is 21.7. The molecule has 10 nitrogen and oxygen atoms in total. The molecule has 1 aliphatic heterocycles. The van der Waals surface area contributed by atoms with Crippen molar-refractivity contribution in [1.82, 2.24) is 15.0 Å². The largest absolute Gasteiger partial charge is 0.487 e. The van der Waals surface area contributed by atoms with E-state index < -0.39 is 10.9 Å². The molecule has 5 rings (SSSR count). The highest BCUT2D eigenvalue weighted by Gasteiger charge is 2.23. The molecule has 3 aromatic carbocycles. The third-order valence-corrected chi connectivity index (χ3v) is 5.08. The minimum Gasteiger partial charge on any atom is -0.487 e. The lowest BCUT2D eigenvalue weighted by Gasteiger charge is -2.04. The third kappa shape index (κ3) is 4.96. The molecule has 0 spiro atoms. The lowest BCUT2D eigenvalue weighted by molar-refractivity contribution is -0.384. The molecule has 172 valence electrons. The number of carbonyl (C=O) groups excluding carboxylic acids is 1. The van der Waals surface area contributed by atoms with Crippen LogP contribution in [0.5, 0.6) is 5.75 Å². The summed E-state index contributed by atoms with van der Waals surface area (Å²) in [5.74, 6) is 0.392. The van der Waals surface area contributed by atoms with Crippen molar-refractivity contribution in [3.63, 3.8) is 0 Å². The van der Waals surface area contributed by atoms with E-state index in [-0.39, 0.29) is 23.9 Å². The first-order valence-electron chi connectivity index (χ1n) is 10.5. The third-order valence-electron chi connectivity index (χ3n) is 5.08. The Hall–Kier alpha value is -5.12. The molecule has 0 unspecified atom stereocenters. The summed E-state index contributed by atoms with van der Waals surface area (Å²) >= 11 is 0. The number of hydrogen-bond donors (Lipinski definition) is 0. The number of ether oxygens (including phenoxy) is 2. The van der Waals surface area contributed by atoms with Crippen molar-refractivity contribution < 1.29 is 19.2 Å². The molecule has 35 heavy (non-hydrogen) atoms. The van der Waals surface area contributed by atoms with Gasteiger partial charge in [0.2, 0.25) is 5.90 Å². The van der Waals surface area contributed by atoms with Crippen molar-refractivity contribution >= 4 is 23.6 Å². The van der Waals surface area contributed by atoms with E-state index in [1.54, 1.807) is 48.7 Å². The molecule has 4 aromatic rings. The predicted octanol–water partition coefficient (Wildman–Crippen LogP) is 4.10. The zero-order valence-electron chi connectivity index (χ0n) is 18.1. The Morgan fingerprint density at radius 1 is 1.00 bits per heavy atom. The van der Waals surface area contributed by atoms with Crippen LogP contribution in [0, 0.1) is 10.1 Å². The van der Waals surface area contributed by atoms with Gasteiger partial charge in [-0.25, -0.2) is 14.5 Å². The second kappa shape index (κ2) is 9.40. The molecule has 0 aliphatic carbocycles. The van der Waals surface area contributed by atoms with Crippen LogP contribution in [0.4, 0.5) is 5.69 Å². The number of aliphatic imine (C=N–C) groups is 1. The Bertz CT molecular complexity index is 1440. The van der Waals surface area contributed by atoms with Crippen LogP contribution in [0.25, 0.3) is 11.8 Å². The van der Waals surface area contributed by atoms with Gasteiger partial charge in [0, 0.05) is 17.7 Å². The fourth-order valence-electron chi connectivity index (χ4n) is 3.31. The molecule has 0 atom stereocenters. The highest BCUT2D eigenvalue weighted by Crippen LogP contribution is 2.21. The number of nitro groups is 1. The zero-order valence-corrected chi connectivity index (χ0v) is 18.1. The van der Waals surface area contributed by atoms with Crippen molar-refractivity contribution in [3.8, 4) is 11.4 Å². The molecule has 0 saturated carbocycles. The second-order valence-corrected chi connectivity index (χ2v) is 7.49. The number of nitrogens with zero attached hydrogens (tertiary/aromatic N) is 5. The Labute approximate surface area is 198 Å². The summed E-state index contributed by atoms with van der Waals surface area (Å²) in [5.41, 5.74) is 2.97. The number of non-ortho nitro benzene ring substituents is 1. The van der Waals surface area contributed by atoms with Gasteiger partial charge < -0.3 is 9.47 Å². The molecule has 1 aromatic heterocycles. The van der Waals surface area contributed by atoms with Gasteiger partial charge in [0.1, 0.15) is 18.1 Å². The Morgan fingerprint density at radius 2 is 1.74 bits per heavy atom. The van der Waals surface area contributed by atoms with E-state index in [4.69, 9.17) is 9.47 Å². The maximum atomic E-state index is 12.2. The van der Waals surface area contributed by atoms with Gasteiger partial charge in [-0.3, -0.25) is 10.1 Å². The molecule has 10 heteroatoms. The molecule has 0 fully saturated rings. The number of cyclic esters (lactones) is 1. The number of aromatic nitrogens is 3. The number of carbonyl (C=O) groups is 1. The Kier molecular flexibility index (Phi) is 5.83. The van der Waals surface area contributed by atoms with Crippen LogP contribution in [-0.2, 0) is 16.1 Å². The molecule has 0 saturated heterocycles. The number of esters is 1. The normalized spacial score (nSPS) is 14.0. The maximum absolute atomic E-state index is 12.2. The SMILES string of the molecule is O=C1OC(c2ccccc2)=NC1=Cc1ccc(OCc2cn(-c3ccc([N+](=O)[O-])cc3)nn2)cc1. The van der Waals surface area contributed by atoms with Crippen molar-refractivity contribution in [3.05, 3.63) is 118 Å². The summed E-state index contributed by atoms with van der Waals surface area (Å²) in [6, 6.07) is 22.4. The molecule has 2 heterocycles. The van der Waals surface area contributed by atoms with E-state index in [9.17, 15) is 14.9 Å². The summed E-state index contributed by atoms with van der Waals surface area (Å²) in [7, 11) is 0. The van der Waals surface area contributed by atoms with E-state index in [0.717, 1.165) is 11.1 Å². The highest BCUT2D eigenvalue weighted by molar-refractivity contribution is 6.12. The summed E-state index contributed by atoms with van der Waals surface area (Å²) in [6.45, 7) is 0.185. The van der Waals surface area contributed by atoms with Crippen molar-refractivity contribution in [1.29, 1.82) is 0 Å². The van der Waals surface area contributed by atoms with Gasteiger partial charge in [-0.05, 0) is 48.0 Å². The summed E-state index contributed by atoms with van der Waals surface area (Å²) < 4.78 is 12.6. The first-order valence-corrected chi connectivity index (χ1v) is 10.5. The monoisotopic (exact) mass is 467 g/mol. The standard InChI is InChI=1S/C25H17N5O5/c31-25-23(26-24(35-25)18-4-2-1-3-5-18)14-17-6-12-22(13-7-17)34-16-19-15-29(28-27-19)20-8-10-21(11-9-20)30(32)33/h1-15H,16H2. The van der Waals surface area contributed by atoms with E-state index >= 15 is 0 Å². The van der Waals surface area contributed by atoms with Gasteiger partial charge in [0.05, 0.1) is 16.8 Å². The van der Waals surface area contributed by atoms with Crippen molar-refractivity contribution in [2.75, 3.05) is 0 Å². The molecular weight excluding hydrogens is 450 g/mol. The molecule has 0 bridgehead atoms. The van der Waals surface area contributed by atoms with Gasteiger partial charge >= 0.3 is 5.97 Å². The van der Waals surface area contributed by atoms with E-state index in [0.29, 0.717) is 17.1 Å². The summed E-state index contributed by atoms with van der Waals surface area (Å²) in [4.78, 5) is 26.8.